The van der Waals surface area contributed by atoms with Gasteiger partial charge in [-0.1, -0.05) is 82.3 Å². The molecule has 0 aliphatic heterocycles. The zero-order valence-corrected chi connectivity index (χ0v) is 30.5. The fourth-order valence-electron chi connectivity index (χ4n) is 5.49. The van der Waals surface area contributed by atoms with Crippen molar-refractivity contribution in [1.82, 2.24) is 10.6 Å². The number of rotatable bonds is 19. The molecule has 0 fully saturated rings. The Labute approximate surface area is 277 Å². The van der Waals surface area contributed by atoms with Gasteiger partial charge in [-0.3, -0.25) is 4.99 Å². The molecule has 246 valence electrons. The molecule has 45 heavy (non-hydrogen) atoms. The Morgan fingerprint density at radius 2 is 1.73 bits per heavy atom. The molecule has 2 aromatic carbocycles. The van der Waals surface area contributed by atoms with Crippen LogP contribution in [0.5, 0.6) is 0 Å². The van der Waals surface area contributed by atoms with Crippen LogP contribution in [-0.4, -0.2) is 31.4 Å². The fraction of sp³-hybridized carbons (Fsp3) is 0.487. The average molecular weight is 631 g/mol. The van der Waals surface area contributed by atoms with Crippen molar-refractivity contribution >= 4 is 37.6 Å². The highest BCUT2D eigenvalue weighted by atomic mass is 31.0. The fourth-order valence-corrected chi connectivity index (χ4v) is 5.89. The second kappa shape index (κ2) is 18.1. The Morgan fingerprint density at radius 3 is 2.33 bits per heavy atom. The lowest BCUT2D eigenvalue weighted by Crippen LogP contribution is -2.40. The highest BCUT2D eigenvalue weighted by molar-refractivity contribution is 7.20. The van der Waals surface area contributed by atoms with Crippen LogP contribution < -0.4 is 16.0 Å². The SMILES string of the molecule is C=C(CC(C)(C)C)NCCCCc1cc(C(=C)Nc2cc(C)ccc2CC(=C)NC(C(=P)OC)C(C)C)c(/N=C\C)cc1CC. The van der Waals surface area contributed by atoms with Crippen molar-refractivity contribution in [2.24, 2.45) is 16.3 Å². The van der Waals surface area contributed by atoms with E-state index < -0.39 is 0 Å². The molecule has 0 amide bonds. The minimum absolute atomic E-state index is 0.0130. The Kier molecular flexibility index (Phi) is 15.3. The molecular weight excluding hydrogens is 571 g/mol. The second-order valence-electron chi connectivity index (χ2n) is 13.6. The number of ether oxygens (including phenoxy) is 1. The summed E-state index contributed by atoms with van der Waals surface area (Å²) in [5.74, 6) is 0.326. The van der Waals surface area contributed by atoms with E-state index in [9.17, 15) is 0 Å². The number of hydrogen-bond donors (Lipinski definition) is 3. The first-order valence-corrected chi connectivity index (χ1v) is 16.9. The van der Waals surface area contributed by atoms with E-state index in [1.807, 2.05) is 13.1 Å². The van der Waals surface area contributed by atoms with Crippen molar-refractivity contribution in [3.63, 3.8) is 0 Å². The van der Waals surface area contributed by atoms with Gasteiger partial charge >= 0.3 is 0 Å². The minimum atomic E-state index is 0.0130. The lowest BCUT2D eigenvalue weighted by atomic mass is 9.91. The summed E-state index contributed by atoms with van der Waals surface area (Å²) in [7, 11) is 5.30. The van der Waals surface area contributed by atoms with E-state index in [4.69, 9.17) is 9.73 Å². The maximum Gasteiger partial charge on any atom is 0.0933 e. The van der Waals surface area contributed by atoms with Crippen LogP contribution in [0, 0.1) is 18.3 Å². The predicted molar refractivity (Wildman–Crippen MR) is 203 cm³/mol. The summed E-state index contributed by atoms with van der Waals surface area (Å²) in [4.78, 5) is 4.75. The van der Waals surface area contributed by atoms with Crippen LogP contribution in [0.15, 0.2) is 66.5 Å². The van der Waals surface area contributed by atoms with Crippen LogP contribution in [0.25, 0.3) is 5.70 Å². The maximum atomic E-state index is 5.47. The minimum Gasteiger partial charge on any atom is -0.389 e. The lowest BCUT2D eigenvalue weighted by molar-refractivity contribution is 0.362. The third-order valence-corrected chi connectivity index (χ3v) is 8.28. The van der Waals surface area contributed by atoms with Crippen LogP contribution in [-0.2, 0) is 24.0 Å². The molecule has 0 saturated carbocycles. The van der Waals surface area contributed by atoms with Crippen LogP contribution >= 0.6 is 8.86 Å². The first kappa shape index (κ1) is 38.0. The predicted octanol–water partition coefficient (Wildman–Crippen LogP) is 9.81. The van der Waals surface area contributed by atoms with Crippen molar-refractivity contribution in [3.05, 3.63) is 89.3 Å². The number of nitrogens with zero attached hydrogens (tertiary/aromatic N) is 1. The topological polar surface area (TPSA) is 57.7 Å². The van der Waals surface area contributed by atoms with Crippen LogP contribution in [0.4, 0.5) is 11.4 Å². The molecule has 2 aromatic rings. The van der Waals surface area contributed by atoms with E-state index in [0.717, 1.165) is 83.7 Å². The van der Waals surface area contributed by atoms with Crippen molar-refractivity contribution in [2.45, 2.75) is 100.0 Å². The Bertz CT molecular complexity index is 1370. The summed E-state index contributed by atoms with van der Waals surface area (Å²) in [6.45, 7) is 31.4. The Morgan fingerprint density at radius 1 is 1.02 bits per heavy atom. The summed E-state index contributed by atoms with van der Waals surface area (Å²) in [6, 6.07) is 11.0. The van der Waals surface area contributed by atoms with Gasteiger partial charge in [0, 0.05) is 54.6 Å². The smallest absolute Gasteiger partial charge is 0.0933 e. The average Bonchev–Trinajstić information content (AvgIpc) is 2.96. The van der Waals surface area contributed by atoms with Gasteiger partial charge in [-0.15, -0.1) is 0 Å². The Hall–Kier alpha value is -3.14. The number of hydrogen-bond acceptors (Lipinski definition) is 5. The van der Waals surface area contributed by atoms with Crippen molar-refractivity contribution < 1.29 is 4.74 Å². The third kappa shape index (κ3) is 12.6. The number of benzene rings is 2. The van der Waals surface area contributed by atoms with Gasteiger partial charge < -0.3 is 20.7 Å². The van der Waals surface area contributed by atoms with Gasteiger partial charge in [0.05, 0.1) is 17.2 Å². The van der Waals surface area contributed by atoms with Gasteiger partial charge in [0.15, 0.2) is 0 Å². The molecule has 0 aromatic heterocycles. The molecule has 5 nitrogen and oxygen atoms in total. The van der Waals surface area contributed by atoms with E-state index in [1.54, 1.807) is 7.11 Å². The van der Waals surface area contributed by atoms with E-state index in [2.05, 4.69) is 123 Å². The lowest BCUT2D eigenvalue weighted by Gasteiger charge is -2.26. The highest BCUT2D eigenvalue weighted by Gasteiger charge is 2.19. The first-order chi connectivity index (χ1) is 21.2. The summed E-state index contributed by atoms with van der Waals surface area (Å²) >= 11 is 0. The molecular formula is C39H59N4OP. The standard InChI is InChI=1S/C39H59N4OP/c1-13-31-24-36(40-14-2)34(23-32(31)17-15-16-20-41-29(7)25-39(9,10)11)30(8)43-35-21-27(5)18-19-33(35)22-28(6)42-37(26(3)4)38(45)44-12/h14,18-19,21,23-24,26,37,41-43,45H,6-8,13,15-17,20,22,25H2,1-5,9-12H3/b40-14-. The van der Waals surface area contributed by atoms with E-state index in [1.165, 1.54) is 16.7 Å². The van der Waals surface area contributed by atoms with Crippen LogP contribution in [0.3, 0.4) is 0 Å². The number of unbranched alkanes of at least 4 members (excludes halogenated alkanes) is 1. The molecule has 1 unspecified atom stereocenters. The molecule has 2 rings (SSSR count). The quantitative estimate of drug-likeness (QED) is 0.0822. The Balaban J connectivity index is 2.25. The second-order valence-corrected chi connectivity index (χ2v) is 14.1. The number of anilines is 1. The summed E-state index contributed by atoms with van der Waals surface area (Å²) in [5.41, 5.74) is 11.9. The molecule has 1 atom stereocenters. The maximum absolute atomic E-state index is 5.47. The van der Waals surface area contributed by atoms with Gasteiger partial charge in [-0.05, 0) is 97.7 Å². The van der Waals surface area contributed by atoms with Gasteiger partial charge in [-0.25, -0.2) is 0 Å². The first-order valence-electron chi connectivity index (χ1n) is 16.4. The normalized spacial score (nSPS) is 12.3. The molecule has 6 heteroatoms. The monoisotopic (exact) mass is 630 g/mol. The molecule has 0 heterocycles. The third-order valence-electron chi connectivity index (χ3n) is 7.77. The van der Waals surface area contributed by atoms with Gasteiger partial charge in [0.25, 0.3) is 0 Å². The zero-order valence-electron chi connectivity index (χ0n) is 29.5. The summed E-state index contributed by atoms with van der Waals surface area (Å²) in [6.07, 6.45) is 7.68. The molecule has 0 bridgehead atoms. The van der Waals surface area contributed by atoms with Crippen LogP contribution in [0.2, 0.25) is 0 Å². The number of methoxy groups -OCH3 is 1. The molecule has 0 aliphatic carbocycles. The summed E-state index contributed by atoms with van der Waals surface area (Å²) < 4.78 is 5.47. The summed E-state index contributed by atoms with van der Waals surface area (Å²) in [5, 5.41) is 10.7. The molecule has 0 aliphatic rings. The highest BCUT2D eigenvalue weighted by Crippen LogP contribution is 2.33. The van der Waals surface area contributed by atoms with Gasteiger partial charge in [0.1, 0.15) is 0 Å². The number of allylic oxidation sites excluding steroid dienone is 2. The van der Waals surface area contributed by atoms with Gasteiger partial charge in [0.2, 0.25) is 0 Å². The van der Waals surface area contributed by atoms with E-state index in [-0.39, 0.29) is 11.5 Å². The van der Waals surface area contributed by atoms with E-state index in [0.29, 0.717) is 12.3 Å². The zero-order chi connectivity index (χ0) is 33.7. The number of nitrogens with one attached hydrogen (secondary N) is 3. The largest absolute Gasteiger partial charge is 0.389 e. The van der Waals surface area contributed by atoms with Gasteiger partial charge in [-0.2, -0.15) is 0 Å². The van der Waals surface area contributed by atoms with E-state index >= 15 is 0 Å². The number of aliphatic imine (C=N–C) groups is 1. The van der Waals surface area contributed by atoms with Crippen molar-refractivity contribution in [2.75, 3.05) is 19.0 Å². The number of aryl methyl sites for hydroxylation is 3. The van der Waals surface area contributed by atoms with Crippen molar-refractivity contribution in [1.29, 1.82) is 0 Å². The molecule has 3 N–H and O–H groups in total. The molecule has 0 radical (unpaired) electrons. The molecule has 0 saturated heterocycles. The van der Waals surface area contributed by atoms with Crippen LogP contribution in [0.1, 0.15) is 95.5 Å². The van der Waals surface area contributed by atoms with Crippen molar-refractivity contribution in [3.8, 4) is 0 Å². The molecule has 0 spiro atoms.